The summed E-state index contributed by atoms with van der Waals surface area (Å²) in [4.78, 5) is 49.8. The lowest BCUT2D eigenvalue weighted by atomic mass is 10.0. The van der Waals surface area contributed by atoms with Crippen LogP contribution in [0.5, 0.6) is 0 Å². The topological polar surface area (TPSA) is 168 Å². The van der Waals surface area contributed by atoms with Crippen molar-refractivity contribution in [3.8, 4) is 0 Å². The molecule has 1 heterocycles. The maximum atomic E-state index is 12.9. The fraction of sp³-hybridized carbons (Fsp3) is 0.789. The zero-order valence-electron chi connectivity index (χ0n) is 17.4. The molecule has 0 saturated carbocycles. The lowest BCUT2D eigenvalue weighted by Crippen LogP contribution is -2.53. The third-order valence-electron chi connectivity index (χ3n) is 4.89. The first-order valence-corrected chi connectivity index (χ1v) is 10.2. The molecule has 29 heavy (non-hydrogen) atoms. The molecule has 0 aromatic carbocycles. The monoisotopic (exact) mass is 413 g/mol. The van der Waals surface area contributed by atoms with Gasteiger partial charge in [-0.3, -0.25) is 14.4 Å². The van der Waals surface area contributed by atoms with Crippen LogP contribution in [-0.4, -0.2) is 71.5 Å². The van der Waals surface area contributed by atoms with Crippen LogP contribution in [0.1, 0.15) is 52.4 Å². The van der Waals surface area contributed by atoms with Gasteiger partial charge in [-0.05, 0) is 51.0 Å². The Morgan fingerprint density at radius 1 is 1.21 bits per heavy atom. The first-order chi connectivity index (χ1) is 13.7. The second-order valence-corrected chi connectivity index (χ2v) is 7.89. The van der Waals surface area contributed by atoms with Gasteiger partial charge in [-0.2, -0.15) is 0 Å². The van der Waals surface area contributed by atoms with Crippen molar-refractivity contribution < 1.29 is 24.3 Å². The van der Waals surface area contributed by atoms with Gasteiger partial charge >= 0.3 is 5.97 Å². The zero-order chi connectivity index (χ0) is 22.0. The molecule has 0 radical (unpaired) electrons. The van der Waals surface area contributed by atoms with Gasteiger partial charge in [0.05, 0.1) is 12.6 Å². The predicted octanol–water partition coefficient (Wildman–Crippen LogP) is -0.835. The van der Waals surface area contributed by atoms with Gasteiger partial charge in [-0.15, -0.1) is 0 Å². The average Bonchev–Trinajstić information content (AvgIpc) is 3.14. The minimum atomic E-state index is -1.05. The van der Waals surface area contributed by atoms with Crippen LogP contribution in [0.3, 0.4) is 0 Å². The summed E-state index contributed by atoms with van der Waals surface area (Å²) in [5, 5.41) is 14.4. The Kier molecular flexibility index (Phi) is 10.6. The van der Waals surface area contributed by atoms with Crippen LogP contribution < -0.4 is 22.1 Å². The summed E-state index contributed by atoms with van der Waals surface area (Å²) in [7, 11) is 0. The Morgan fingerprint density at radius 3 is 2.48 bits per heavy atom. The number of carboxylic acid groups (broad SMARTS) is 1. The molecule has 1 rings (SSSR count). The lowest BCUT2D eigenvalue weighted by Gasteiger charge is -2.27. The maximum Gasteiger partial charge on any atom is 0.326 e. The van der Waals surface area contributed by atoms with Crippen molar-refractivity contribution in [3.63, 3.8) is 0 Å². The van der Waals surface area contributed by atoms with Crippen molar-refractivity contribution >= 4 is 23.7 Å². The van der Waals surface area contributed by atoms with Crippen molar-refractivity contribution in [2.75, 3.05) is 19.6 Å². The molecular weight excluding hydrogens is 378 g/mol. The normalized spacial score (nSPS) is 18.4. The molecule has 0 aliphatic carbocycles. The fourth-order valence-electron chi connectivity index (χ4n) is 3.40. The number of carbonyl (C=O) groups excluding carboxylic acids is 3. The summed E-state index contributed by atoms with van der Waals surface area (Å²) in [5.41, 5.74) is 11.3. The smallest absolute Gasteiger partial charge is 0.326 e. The van der Waals surface area contributed by atoms with Crippen molar-refractivity contribution in [3.05, 3.63) is 0 Å². The van der Waals surface area contributed by atoms with E-state index in [1.54, 1.807) is 0 Å². The van der Waals surface area contributed by atoms with Gasteiger partial charge in [0.2, 0.25) is 17.7 Å². The van der Waals surface area contributed by atoms with Crippen LogP contribution in [0.15, 0.2) is 0 Å². The largest absolute Gasteiger partial charge is 0.480 e. The Morgan fingerprint density at radius 2 is 1.90 bits per heavy atom. The van der Waals surface area contributed by atoms with Gasteiger partial charge in [-0.1, -0.05) is 13.8 Å². The molecule has 166 valence electrons. The number of nitrogens with two attached hydrogens (primary N) is 2. The summed E-state index contributed by atoms with van der Waals surface area (Å²) in [6.45, 7) is 4.40. The Labute approximate surface area is 171 Å². The van der Waals surface area contributed by atoms with Crippen molar-refractivity contribution in [2.24, 2.45) is 17.4 Å². The van der Waals surface area contributed by atoms with Crippen molar-refractivity contribution in [2.45, 2.75) is 70.5 Å². The Bertz CT molecular complexity index is 583. The van der Waals surface area contributed by atoms with Crippen LogP contribution in [0, 0.1) is 5.92 Å². The molecule has 0 bridgehead atoms. The number of amides is 3. The van der Waals surface area contributed by atoms with E-state index in [2.05, 4.69) is 10.6 Å². The van der Waals surface area contributed by atoms with E-state index in [1.807, 2.05) is 13.8 Å². The average molecular weight is 414 g/mol. The highest BCUT2D eigenvalue weighted by molar-refractivity contribution is 5.92. The van der Waals surface area contributed by atoms with Gasteiger partial charge in [0.1, 0.15) is 12.1 Å². The highest BCUT2D eigenvalue weighted by Crippen LogP contribution is 2.19. The quantitative estimate of drug-likeness (QED) is 0.260. The molecule has 0 spiro atoms. The van der Waals surface area contributed by atoms with Gasteiger partial charge in [0.15, 0.2) is 0 Å². The number of hydrogen-bond acceptors (Lipinski definition) is 6. The molecule has 3 atom stereocenters. The highest BCUT2D eigenvalue weighted by Gasteiger charge is 2.37. The van der Waals surface area contributed by atoms with E-state index < -0.39 is 41.8 Å². The van der Waals surface area contributed by atoms with Crippen LogP contribution >= 0.6 is 0 Å². The van der Waals surface area contributed by atoms with Crippen LogP contribution in [0.2, 0.25) is 0 Å². The lowest BCUT2D eigenvalue weighted by molar-refractivity contribution is -0.149. The summed E-state index contributed by atoms with van der Waals surface area (Å²) in [6.07, 6.45) is 3.15. The van der Waals surface area contributed by atoms with Crippen molar-refractivity contribution in [1.82, 2.24) is 15.5 Å². The fourth-order valence-corrected chi connectivity index (χ4v) is 3.40. The molecule has 0 aromatic rings. The Hall–Kier alpha value is -2.20. The first-order valence-electron chi connectivity index (χ1n) is 10.2. The van der Waals surface area contributed by atoms with E-state index in [1.165, 1.54) is 4.90 Å². The summed E-state index contributed by atoms with van der Waals surface area (Å²) >= 11 is 0. The molecule has 0 aromatic heterocycles. The van der Waals surface area contributed by atoms with Gasteiger partial charge < -0.3 is 32.1 Å². The van der Waals surface area contributed by atoms with Crippen LogP contribution in [0.25, 0.3) is 0 Å². The Balaban J connectivity index is 2.67. The number of carboxylic acids is 1. The molecule has 1 fully saturated rings. The number of rotatable bonds is 12. The maximum absolute atomic E-state index is 12.9. The minimum absolute atomic E-state index is 0.247. The molecule has 3 amide bonds. The molecule has 1 aliphatic heterocycles. The number of likely N-dealkylation sites (tertiary alicyclic amines) is 1. The van der Waals surface area contributed by atoms with Gasteiger partial charge in [-0.25, -0.2) is 4.79 Å². The second-order valence-electron chi connectivity index (χ2n) is 7.89. The molecule has 10 nitrogen and oxygen atoms in total. The number of unbranched alkanes of at least 4 members (excludes halogenated alkanes) is 1. The summed E-state index contributed by atoms with van der Waals surface area (Å²) in [6, 6.07) is -2.42. The molecule has 1 saturated heterocycles. The zero-order valence-corrected chi connectivity index (χ0v) is 17.4. The SMILES string of the molecule is CC(C)CC(N)C(=O)NCC(=O)NC(CCCCN)C(=O)N1CCCC1C(=O)O. The van der Waals surface area contributed by atoms with E-state index >= 15 is 0 Å². The van der Waals surface area contributed by atoms with Gasteiger partial charge in [0, 0.05) is 6.54 Å². The molecular formula is C19H35N5O5. The number of carbonyl (C=O) groups is 4. The van der Waals surface area contributed by atoms with E-state index in [0.29, 0.717) is 51.6 Å². The minimum Gasteiger partial charge on any atom is -0.480 e. The first kappa shape index (κ1) is 24.8. The van der Waals surface area contributed by atoms with Crippen LogP contribution in [0.4, 0.5) is 0 Å². The third-order valence-corrected chi connectivity index (χ3v) is 4.89. The second kappa shape index (κ2) is 12.4. The summed E-state index contributed by atoms with van der Waals surface area (Å²) in [5.74, 6) is -2.16. The summed E-state index contributed by atoms with van der Waals surface area (Å²) < 4.78 is 0. The van der Waals surface area contributed by atoms with E-state index in [0.717, 1.165) is 0 Å². The van der Waals surface area contributed by atoms with E-state index in [9.17, 15) is 24.3 Å². The van der Waals surface area contributed by atoms with Gasteiger partial charge in [0.25, 0.3) is 0 Å². The number of hydrogen-bond donors (Lipinski definition) is 5. The number of nitrogens with zero attached hydrogens (tertiary/aromatic N) is 1. The molecule has 10 heteroatoms. The number of aliphatic carboxylic acids is 1. The number of nitrogens with one attached hydrogen (secondary N) is 2. The third kappa shape index (κ3) is 8.36. The van der Waals surface area contributed by atoms with Crippen molar-refractivity contribution in [1.29, 1.82) is 0 Å². The molecule has 1 aliphatic rings. The highest BCUT2D eigenvalue weighted by atomic mass is 16.4. The van der Waals surface area contributed by atoms with E-state index in [4.69, 9.17) is 11.5 Å². The van der Waals surface area contributed by atoms with Crippen LogP contribution in [-0.2, 0) is 19.2 Å². The standard InChI is InChI=1S/C19H35N5O5/c1-12(2)10-13(21)17(26)22-11-16(25)23-14(6-3-4-8-20)18(27)24-9-5-7-15(24)19(28)29/h12-15H,3-11,20-21H2,1-2H3,(H,22,26)(H,23,25)(H,28,29). The molecule has 3 unspecified atom stereocenters. The predicted molar refractivity (Wildman–Crippen MR) is 108 cm³/mol. The van der Waals surface area contributed by atoms with E-state index in [-0.39, 0.29) is 12.5 Å². The molecule has 7 N–H and O–H groups in total.